The standard InChI is InChI=1S/C23H29ClN2O2S/c1-6-20(22(28)26-19-12-16(24)11-10-15(19)2)29-18-9-7-8-17(13-18)25-21(27)14-23(3,4)5/h7-13,20H,6,14H2,1-5H3,(H,25,27)(H,26,28). The first-order chi connectivity index (χ1) is 13.6. The van der Waals surface area contributed by atoms with Crippen LogP contribution < -0.4 is 10.6 Å². The zero-order valence-electron chi connectivity index (χ0n) is 17.6. The molecule has 156 valence electrons. The molecule has 0 spiro atoms. The first-order valence-electron chi connectivity index (χ1n) is 9.71. The van der Waals surface area contributed by atoms with Crippen LogP contribution in [0.15, 0.2) is 47.4 Å². The Balaban J connectivity index is 2.05. The van der Waals surface area contributed by atoms with Gasteiger partial charge >= 0.3 is 0 Å². The molecule has 1 unspecified atom stereocenters. The van der Waals surface area contributed by atoms with Crippen LogP contribution >= 0.6 is 23.4 Å². The predicted molar refractivity (Wildman–Crippen MR) is 124 cm³/mol. The number of carbonyl (C=O) groups is 2. The van der Waals surface area contributed by atoms with Gasteiger partial charge in [0.05, 0.1) is 5.25 Å². The number of amides is 2. The summed E-state index contributed by atoms with van der Waals surface area (Å²) in [6, 6.07) is 13.1. The van der Waals surface area contributed by atoms with Crippen molar-refractivity contribution in [2.45, 2.75) is 57.6 Å². The van der Waals surface area contributed by atoms with Crippen molar-refractivity contribution < 1.29 is 9.59 Å². The highest BCUT2D eigenvalue weighted by atomic mass is 35.5. The van der Waals surface area contributed by atoms with E-state index >= 15 is 0 Å². The van der Waals surface area contributed by atoms with Crippen molar-refractivity contribution in [3.63, 3.8) is 0 Å². The molecule has 0 aliphatic rings. The van der Waals surface area contributed by atoms with Crippen molar-refractivity contribution in [2.75, 3.05) is 10.6 Å². The molecule has 0 fully saturated rings. The topological polar surface area (TPSA) is 58.2 Å². The van der Waals surface area contributed by atoms with Crippen molar-refractivity contribution in [2.24, 2.45) is 5.41 Å². The monoisotopic (exact) mass is 432 g/mol. The van der Waals surface area contributed by atoms with Gasteiger partial charge in [-0.05, 0) is 54.7 Å². The summed E-state index contributed by atoms with van der Waals surface area (Å²) >= 11 is 7.54. The third-order valence-electron chi connectivity index (χ3n) is 4.21. The molecule has 0 heterocycles. The zero-order valence-corrected chi connectivity index (χ0v) is 19.2. The van der Waals surface area contributed by atoms with Crippen molar-refractivity contribution in [1.29, 1.82) is 0 Å². The van der Waals surface area contributed by atoms with E-state index in [1.807, 2.05) is 65.0 Å². The lowest BCUT2D eigenvalue weighted by Crippen LogP contribution is -2.25. The van der Waals surface area contributed by atoms with Gasteiger partial charge in [0.2, 0.25) is 11.8 Å². The van der Waals surface area contributed by atoms with Crippen molar-refractivity contribution >= 4 is 46.6 Å². The Kier molecular flexibility index (Phi) is 8.17. The van der Waals surface area contributed by atoms with Crippen LogP contribution in [-0.4, -0.2) is 17.1 Å². The number of aryl methyl sites for hydroxylation is 1. The van der Waals surface area contributed by atoms with Crippen LogP contribution in [0, 0.1) is 12.3 Å². The molecule has 1 atom stereocenters. The third-order valence-corrected chi connectivity index (χ3v) is 5.80. The van der Waals surface area contributed by atoms with Crippen LogP contribution in [0.25, 0.3) is 0 Å². The van der Waals surface area contributed by atoms with E-state index in [1.165, 1.54) is 11.8 Å². The summed E-state index contributed by atoms with van der Waals surface area (Å²) in [6.45, 7) is 10.0. The van der Waals surface area contributed by atoms with Crippen molar-refractivity contribution in [1.82, 2.24) is 0 Å². The number of nitrogens with one attached hydrogen (secondary N) is 2. The van der Waals surface area contributed by atoms with Crippen LogP contribution in [0.4, 0.5) is 11.4 Å². The minimum atomic E-state index is -0.256. The fourth-order valence-electron chi connectivity index (χ4n) is 2.76. The average Bonchev–Trinajstić information content (AvgIpc) is 2.61. The molecule has 0 radical (unpaired) electrons. The molecule has 2 aromatic rings. The summed E-state index contributed by atoms with van der Waals surface area (Å²) in [5.74, 6) is -0.0779. The lowest BCUT2D eigenvalue weighted by molar-refractivity contribution is -0.118. The van der Waals surface area contributed by atoms with E-state index in [-0.39, 0.29) is 22.5 Å². The van der Waals surface area contributed by atoms with Gasteiger partial charge in [-0.25, -0.2) is 0 Å². The second-order valence-electron chi connectivity index (χ2n) is 8.28. The number of benzene rings is 2. The number of rotatable bonds is 7. The Morgan fingerprint density at radius 3 is 2.48 bits per heavy atom. The highest BCUT2D eigenvalue weighted by Gasteiger charge is 2.20. The Labute approximate surface area is 182 Å². The summed E-state index contributed by atoms with van der Waals surface area (Å²) in [4.78, 5) is 25.9. The number of carbonyl (C=O) groups excluding carboxylic acids is 2. The van der Waals surface area contributed by atoms with E-state index in [9.17, 15) is 9.59 Å². The largest absolute Gasteiger partial charge is 0.326 e. The van der Waals surface area contributed by atoms with E-state index in [0.717, 1.165) is 21.8 Å². The van der Waals surface area contributed by atoms with Gasteiger partial charge in [0.1, 0.15) is 0 Å². The van der Waals surface area contributed by atoms with Crippen LogP contribution in [0.5, 0.6) is 0 Å². The van der Waals surface area contributed by atoms with Gasteiger partial charge in [-0.2, -0.15) is 0 Å². The zero-order chi connectivity index (χ0) is 21.6. The molecule has 0 aliphatic carbocycles. The number of halogens is 1. The van der Waals surface area contributed by atoms with Gasteiger partial charge < -0.3 is 10.6 Å². The normalized spacial score (nSPS) is 12.3. The number of hydrogen-bond acceptors (Lipinski definition) is 3. The van der Waals surface area contributed by atoms with E-state index in [2.05, 4.69) is 10.6 Å². The van der Waals surface area contributed by atoms with E-state index in [1.54, 1.807) is 12.1 Å². The Hall–Kier alpha value is -1.98. The number of thioether (sulfide) groups is 1. The summed E-state index contributed by atoms with van der Waals surface area (Å²) in [5.41, 5.74) is 2.36. The van der Waals surface area contributed by atoms with Gasteiger partial charge in [0.25, 0.3) is 0 Å². The van der Waals surface area contributed by atoms with Gasteiger partial charge in [0.15, 0.2) is 0 Å². The summed E-state index contributed by atoms with van der Waals surface area (Å²) < 4.78 is 0. The maximum absolute atomic E-state index is 12.8. The second-order valence-corrected chi connectivity index (χ2v) is 9.99. The Morgan fingerprint density at radius 2 is 1.83 bits per heavy atom. The smallest absolute Gasteiger partial charge is 0.237 e. The third kappa shape index (κ3) is 7.75. The predicted octanol–water partition coefficient (Wildman–Crippen LogP) is 6.53. The SMILES string of the molecule is CCC(Sc1cccc(NC(=O)CC(C)(C)C)c1)C(=O)Nc1cc(Cl)ccc1C. The van der Waals surface area contributed by atoms with Crippen molar-refractivity contribution in [3.8, 4) is 0 Å². The number of anilines is 2. The Morgan fingerprint density at radius 1 is 1.10 bits per heavy atom. The van der Waals surface area contributed by atoms with E-state index < -0.39 is 0 Å². The molecule has 4 nitrogen and oxygen atoms in total. The molecule has 0 saturated carbocycles. The lowest BCUT2D eigenvalue weighted by Gasteiger charge is -2.18. The number of hydrogen-bond donors (Lipinski definition) is 2. The maximum atomic E-state index is 12.8. The van der Waals surface area contributed by atoms with Crippen LogP contribution in [0.3, 0.4) is 0 Å². The van der Waals surface area contributed by atoms with Crippen LogP contribution in [0.2, 0.25) is 5.02 Å². The van der Waals surface area contributed by atoms with Crippen LogP contribution in [-0.2, 0) is 9.59 Å². The molecule has 0 bridgehead atoms. The summed E-state index contributed by atoms with van der Waals surface area (Å²) in [5, 5.41) is 6.26. The molecule has 0 saturated heterocycles. The minimum absolute atomic E-state index is 0.0131. The first kappa shape index (κ1) is 23.3. The molecular weight excluding hydrogens is 404 g/mol. The maximum Gasteiger partial charge on any atom is 0.237 e. The molecule has 29 heavy (non-hydrogen) atoms. The molecule has 0 aromatic heterocycles. The minimum Gasteiger partial charge on any atom is -0.326 e. The second kappa shape index (κ2) is 10.2. The quantitative estimate of drug-likeness (QED) is 0.489. The molecule has 2 amide bonds. The van der Waals surface area contributed by atoms with Crippen molar-refractivity contribution in [3.05, 3.63) is 53.1 Å². The van der Waals surface area contributed by atoms with Gasteiger partial charge in [-0.3, -0.25) is 9.59 Å². The molecule has 2 N–H and O–H groups in total. The lowest BCUT2D eigenvalue weighted by atomic mass is 9.92. The van der Waals surface area contributed by atoms with E-state index in [4.69, 9.17) is 11.6 Å². The summed E-state index contributed by atoms with van der Waals surface area (Å²) in [6.07, 6.45) is 1.13. The average molecular weight is 433 g/mol. The van der Waals surface area contributed by atoms with Gasteiger partial charge in [0, 0.05) is 27.7 Å². The van der Waals surface area contributed by atoms with Gasteiger partial charge in [-0.15, -0.1) is 11.8 Å². The van der Waals surface area contributed by atoms with Crippen LogP contribution in [0.1, 0.15) is 46.1 Å². The van der Waals surface area contributed by atoms with Gasteiger partial charge in [-0.1, -0.05) is 51.4 Å². The fourth-order valence-corrected chi connectivity index (χ4v) is 3.95. The molecule has 2 rings (SSSR count). The highest BCUT2D eigenvalue weighted by Crippen LogP contribution is 2.30. The molecular formula is C23H29ClN2O2S. The Bertz CT molecular complexity index is 877. The molecule has 6 heteroatoms. The molecule has 0 aliphatic heterocycles. The summed E-state index contributed by atoms with van der Waals surface area (Å²) in [7, 11) is 0. The first-order valence-corrected chi connectivity index (χ1v) is 11.0. The molecule has 2 aromatic carbocycles. The highest BCUT2D eigenvalue weighted by molar-refractivity contribution is 8.00. The van der Waals surface area contributed by atoms with E-state index in [0.29, 0.717) is 17.9 Å². The fraction of sp³-hybridized carbons (Fsp3) is 0.391.